The number of carbonyl (C=O) groups is 2. The predicted molar refractivity (Wildman–Crippen MR) is 196 cm³/mol. The van der Waals surface area contributed by atoms with Crippen LogP contribution in [-0.2, 0) is 39.4 Å². The van der Waals surface area contributed by atoms with Gasteiger partial charge in [0.15, 0.2) is 13.9 Å². The number of fused-ring (bicyclic) bond motifs is 2. The summed E-state index contributed by atoms with van der Waals surface area (Å²) in [6.45, 7) is 6.60. The molecule has 11 nitrogen and oxygen atoms in total. The number of ether oxygens (including phenoxy) is 1. The molecule has 2 N–H and O–H groups in total. The van der Waals surface area contributed by atoms with Crippen LogP contribution in [0.3, 0.4) is 0 Å². The third-order valence-electron chi connectivity index (χ3n) is 10.2. The fourth-order valence-electron chi connectivity index (χ4n) is 7.97. The van der Waals surface area contributed by atoms with Crippen LogP contribution < -0.4 is 9.91 Å². The molecule has 0 unspecified atom stereocenters. The van der Waals surface area contributed by atoms with Crippen LogP contribution in [0.2, 0.25) is 18.6 Å². The number of carbonyl (C=O) groups excluding carboxylic acids is 2. The van der Waals surface area contributed by atoms with Crippen molar-refractivity contribution in [1.82, 2.24) is 15.0 Å². The summed E-state index contributed by atoms with van der Waals surface area (Å²) in [5.41, 5.74) is 4.05. The lowest BCUT2D eigenvalue weighted by atomic mass is 9.82. The Morgan fingerprint density at radius 2 is 1.84 bits per heavy atom. The van der Waals surface area contributed by atoms with Crippen LogP contribution in [0.5, 0.6) is 0 Å². The maximum atomic E-state index is 14.9. The van der Waals surface area contributed by atoms with Gasteiger partial charge in [-0.05, 0) is 61.0 Å². The molecule has 1 aromatic heterocycles. The Kier molecular flexibility index (Phi) is 9.37. The molecule has 4 heterocycles. The molecular formula is C37H41BrN6O5Si. The molecule has 0 saturated carbocycles. The average Bonchev–Trinajstić information content (AvgIpc) is 3.74. The Morgan fingerprint density at radius 3 is 2.60 bits per heavy atom. The van der Waals surface area contributed by atoms with Gasteiger partial charge in [0, 0.05) is 60.1 Å². The van der Waals surface area contributed by atoms with Gasteiger partial charge in [-0.2, -0.15) is 5.10 Å². The summed E-state index contributed by atoms with van der Waals surface area (Å²) in [4.78, 5) is 41.4. The first-order valence-electron chi connectivity index (χ1n) is 17.1. The van der Waals surface area contributed by atoms with Gasteiger partial charge in [-0.3, -0.25) is 14.3 Å². The molecule has 1 spiro atoms. The van der Waals surface area contributed by atoms with E-state index >= 15 is 0 Å². The van der Waals surface area contributed by atoms with Gasteiger partial charge in [-0.1, -0.05) is 70.5 Å². The maximum absolute atomic E-state index is 14.9. The second-order valence-corrected chi connectivity index (χ2v) is 18.8. The minimum atomic E-state index is -2.85. The van der Waals surface area contributed by atoms with E-state index in [0.29, 0.717) is 43.6 Å². The molecule has 3 aliphatic heterocycles. The number of halogens is 1. The zero-order valence-electron chi connectivity index (χ0n) is 28.4. The van der Waals surface area contributed by atoms with Crippen LogP contribution in [0.1, 0.15) is 48.6 Å². The Labute approximate surface area is 300 Å². The number of anilines is 2. The highest BCUT2D eigenvalue weighted by molar-refractivity contribution is 9.10. The van der Waals surface area contributed by atoms with Gasteiger partial charge in [0.25, 0.3) is 5.91 Å². The molecule has 0 aliphatic carbocycles. The first kappa shape index (κ1) is 34.4. The molecule has 4 aromatic rings. The SMILES string of the molecule is C[C@H]1[C@H]([Si](C)(C)O)[C@@H](CCn2cc(CCO)nn2)O[C@]12C(=O)N(Cc1cccc(N3N=C(c4ccccc4)CCC3=O)c1)c1ccc(Br)cc12. The van der Waals surface area contributed by atoms with Crippen molar-refractivity contribution >= 4 is 53.1 Å². The van der Waals surface area contributed by atoms with E-state index in [-0.39, 0.29) is 36.4 Å². The smallest absolute Gasteiger partial charge is 0.264 e. The van der Waals surface area contributed by atoms with E-state index < -0.39 is 20.0 Å². The minimum Gasteiger partial charge on any atom is -0.432 e. The summed E-state index contributed by atoms with van der Waals surface area (Å²) >= 11 is 3.64. The quantitative estimate of drug-likeness (QED) is 0.203. The van der Waals surface area contributed by atoms with Crippen molar-refractivity contribution in [3.63, 3.8) is 0 Å². The summed E-state index contributed by atoms with van der Waals surface area (Å²) in [6.07, 6.45) is 3.30. The molecule has 4 atom stereocenters. The second-order valence-electron chi connectivity index (χ2n) is 13.9. The summed E-state index contributed by atoms with van der Waals surface area (Å²) in [5.74, 6) is -0.558. The number of hydrogen-bond acceptors (Lipinski definition) is 8. The summed E-state index contributed by atoms with van der Waals surface area (Å²) < 4.78 is 9.54. The third kappa shape index (κ3) is 6.26. The normalized spacial score (nSPS) is 23.6. The zero-order chi connectivity index (χ0) is 35.2. The number of hydrazone groups is 1. The van der Waals surface area contributed by atoms with Crippen LogP contribution in [0.4, 0.5) is 11.4 Å². The molecule has 2 amide bonds. The van der Waals surface area contributed by atoms with Gasteiger partial charge in [-0.25, -0.2) is 5.01 Å². The Hall–Kier alpha value is -4.01. The molecule has 3 aromatic carbocycles. The molecule has 0 bridgehead atoms. The van der Waals surface area contributed by atoms with Gasteiger partial charge >= 0.3 is 0 Å². The average molecular weight is 758 g/mol. The molecule has 3 aliphatic rings. The van der Waals surface area contributed by atoms with E-state index in [2.05, 4.69) is 26.2 Å². The number of benzene rings is 3. The molecule has 7 rings (SSSR count). The van der Waals surface area contributed by atoms with Crippen molar-refractivity contribution in [1.29, 1.82) is 0 Å². The topological polar surface area (TPSA) is 133 Å². The van der Waals surface area contributed by atoms with E-state index in [9.17, 15) is 19.5 Å². The van der Waals surface area contributed by atoms with Gasteiger partial charge in [-0.15, -0.1) is 5.10 Å². The number of hydrogen-bond donors (Lipinski definition) is 2. The van der Waals surface area contributed by atoms with Crippen LogP contribution >= 0.6 is 15.9 Å². The predicted octanol–water partition coefficient (Wildman–Crippen LogP) is 5.54. The van der Waals surface area contributed by atoms with E-state index in [1.165, 1.54) is 5.01 Å². The Balaban J connectivity index is 1.19. The summed E-state index contributed by atoms with van der Waals surface area (Å²) in [7, 11) is -2.85. The number of nitrogens with zero attached hydrogens (tertiary/aromatic N) is 6. The molecule has 0 radical (unpaired) electrons. The van der Waals surface area contributed by atoms with E-state index in [0.717, 1.165) is 32.6 Å². The first-order chi connectivity index (χ1) is 24.0. The second kappa shape index (κ2) is 13.6. The highest BCUT2D eigenvalue weighted by Gasteiger charge is 2.66. The highest BCUT2D eigenvalue weighted by atomic mass is 79.9. The van der Waals surface area contributed by atoms with E-state index in [1.807, 2.05) is 99.0 Å². The first-order valence-corrected chi connectivity index (χ1v) is 20.9. The zero-order valence-corrected chi connectivity index (χ0v) is 31.0. The fourth-order valence-corrected chi connectivity index (χ4v) is 10.9. The van der Waals surface area contributed by atoms with E-state index in [1.54, 1.807) is 9.58 Å². The van der Waals surface area contributed by atoms with Crippen LogP contribution in [0.15, 0.2) is 88.6 Å². The number of rotatable bonds is 10. The molecule has 1 fully saturated rings. The third-order valence-corrected chi connectivity index (χ3v) is 13.2. The van der Waals surface area contributed by atoms with Crippen LogP contribution in [0.25, 0.3) is 0 Å². The lowest BCUT2D eigenvalue weighted by Crippen LogP contribution is -2.46. The van der Waals surface area contributed by atoms with Crippen molar-refractivity contribution in [3.05, 3.63) is 106 Å². The number of aliphatic hydroxyl groups excluding tert-OH is 1. The molecule has 260 valence electrons. The van der Waals surface area contributed by atoms with Gasteiger partial charge < -0.3 is 19.5 Å². The van der Waals surface area contributed by atoms with Crippen LogP contribution in [-0.4, -0.2) is 63.5 Å². The van der Waals surface area contributed by atoms with Crippen molar-refractivity contribution in [2.24, 2.45) is 11.0 Å². The number of aryl methyl sites for hydroxylation is 1. The summed E-state index contributed by atoms with van der Waals surface area (Å²) in [6, 6.07) is 23.3. The van der Waals surface area contributed by atoms with Gasteiger partial charge in [0.2, 0.25) is 5.91 Å². The van der Waals surface area contributed by atoms with Gasteiger partial charge in [0.05, 0.1) is 35.4 Å². The number of amides is 2. The molecule has 13 heteroatoms. The largest absolute Gasteiger partial charge is 0.432 e. The van der Waals surface area contributed by atoms with E-state index in [4.69, 9.17) is 9.84 Å². The van der Waals surface area contributed by atoms with Crippen molar-refractivity contribution in [3.8, 4) is 0 Å². The lowest BCUT2D eigenvalue weighted by Gasteiger charge is -2.32. The number of aliphatic hydroxyl groups is 1. The summed E-state index contributed by atoms with van der Waals surface area (Å²) in [5, 5.41) is 23.9. The minimum absolute atomic E-state index is 0.00573. The lowest BCUT2D eigenvalue weighted by molar-refractivity contribution is -0.146. The van der Waals surface area contributed by atoms with Gasteiger partial charge in [0.1, 0.15) is 0 Å². The molecule has 50 heavy (non-hydrogen) atoms. The highest BCUT2D eigenvalue weighted by Crippen LogP contribution is 2.60. The van der Waals surface area contributed by atoms with Crippen molar-refractivity contribution in [2.45, 2.75) is 76.0 Å². The molecular weight excluding hydrogens is 716 g/mol. The number of aromatic nitrogens is 3. The standard InChI is InChI=1S/C37H41BrN6O5Si/c1-24-35(50(2,3)48)33(16-18-42-23-28(17-19-45)39-41-42)49-37(24)30-21-27(38)12-14-32(30)43(36(37)47)22-25-8-7-11-29(20-25)44-34(46)15-13-31(40-44)26-9-5-4-6-10-26/h4-12,14,20-21,23-24,33,35,45,48H,13,15-19,22H2,1-3H3/t24-,33+,35-,37+/m0/s1. The molecule has 1 saturated heterocycles. The van der Waals surface area contributed by atoms with Crippen molar-refractivity contribution < 1.29 is 24.2 Å². The Morgan fingerprint density at radius 1 is 1.04 bits per heavy atom. The maximum Gasteiger partial charge on any atom is 0.264 e. The monoisotopic (exact) mass is 756 g/mol. The fraction of sp³-hybridized carbons (Fsp3) is 0.378. The van der Waals surface area contributed by atoms with Crippen LogP contribution in [0, 0.1) is 5.92 Å². The van der Waals surface area contributed by atoms with Crippen molar-refractivity contribution in [2.75, 3.05) is 16.5 Å². The Bertz CT molecular complexity index is 1950.